The number of carbonyl (C=O) groups is 1. The molecule has 0 bridgehead atoms. The molecule has 3 nitrogen and oxygen atoms in total. The Morgan fingerprint density at radius 2 is 1.95 bits per heavy atom. The summed E-state index contributed by atoms with van der Waals surface area (Å²) >= 11 is 0. The van der Waals surface area contributed by atoms with Crippen molar-refractivity contribution in [1.29, 1.82) is 0 Å². The lowest BCUT2D eigenvalue weighted by atomic mass is 9.92. The summed E-state index contributed by atoms with van der Waals surface area (Å²) in [6, 6.07) is 4.01. The number of hydrogen-bond acceptors (Lipinski definition) is 2. The summed E-state index contributed by atoms with van der Waals surface area (Å²) in [5.74, 6) is -1.90. The maximum atomic E-state index is 13.1. The summed E-state index contributed by atoms with van der Waals surface area (Å²) in [5.41, 5.74) is 0.771. The highest BCUT2D eigenvalue weighted by Gasteiger charge is 2.20. The zero-order chi connectivity index (χ0) is 14.5. The minimum Gasteiger partial charge on any atom is -0.481 e. The number of piperidine rings is 1. The lowest BCUT2D eigenvalue weighted by Gasteiger charge is -2.31. The topological polar surface area (TPSA) is 40.5 Å². The molecule has 1 fully saturated rings. The second-order valence-corrected chi connectivity index (χ2v) is 5.40. The average Bonchev–Trinajstić information content (AvgIpc) is 2.42. The summed E-state index contributed by atoms with van der Waals surface area (Å²) in [4.78, 5) is 12.7. The predicted octanol–water partition coefficient (Wildman–Crippen LogP) is 3.04. The van der Waals surface area contributed by atoms with E-state index in [1.54, 1.807) is 6.07 Å². The summed E-state index contributed by atoms with van der Waals surface area (Å²) in [6.45, 7) is 2.37. The van der Waals surface area contributed by atoms with Gasteiger partial charge in [-0.05, 0) is 56.0 Å². The summed E-state index contributed by atoms with van der Waals surface area (Å²) in [7, 11) is 0. The molecule has 20 heavy (non-hydrogen) atoms. The number of nitrogens with zero attached hydrogens (tertiary/aromatic N) is 1. The van der Waals surface area contributed by atoms with Gasteiger partial charge in [0, 0.05) is 13.0 Å². The van der Waals surface area contributed by atoms with Gasteiger partial charge in [-0.3, -0.25) is 9.69 Å². The first-order valence-electron chi connectivity index (χ1n) is 6.92. The molecule has 0 spiro atoms. The third-order valence-electron chi connectivity index (χ3n) is 3.86. The monoisotopic (exact) mass is 283 g/mol. The minimum absolute atomic E-state index is 0.230. The lowest BCUT2D eigenvalue weighted by Crippen LogP contribution is -2.33. The number of aliphatic carboxylic acids is 1. The van der Waals surface area contributed by atoms with Gasteiger partial charge in [0.1, 0.15) is 0 Å². The van der Waals surface area contributed by atoms with Crippen LogP contribution >= 0.6 is 0 Å². The van der Waals surface area contributed by atoms with Crippen LogP contribution in [0.4, 0.5) is 8.78 Å². The van der Waals surface area contributed by atoms with Crippen molar-refractivity contribution in [3.63, 3.8) is 0 Å². The molecule has 0 radical (unpaired) electrons. The molecule has 1 aliphatic heterocycles. The van der Waals surface area contributed by atoms with E-state index < -0.39 is 17.6 Å². The molecule has 1 aliphatic rings. The van der Waals surface area contributed by atoms with E-state index in [2.05, 4.69) is 4.90 Å². The largest absolute Gasteiger partial charge is 0.481 e. The summed E-state index contributed by atoms with van der Waals surface area (Å²) < 4.78 is 26.0. The Kier molecular flexibility index (Phi) is 5.06. The molecule has 1 N–H and O–H groups in total. The third kappa shape index (κ3) is 4.27. The highest BCUT2D eigenvalue weighted by molar-refractivity contribution is 5.66. The first-order chi connectivity index (χ1) is 9.54. The molecule has 1 aromatic carbocycles. The van der Waals surface area contributed by atoms with Gasteiger partial charge < -0.3 is 5.11 Å². The van der Waals surface area contributed by atoms with Crippen LogP contribution in [-0.4, -0.2) is 29.1 Å². The van der Waals surface area contributed by atoms with Crippen molar-refractivity contribution in [2.24, 2.45) is 5.92 Å². The molecular formula is C15H19F2NO2. The molecular weight excluding hydrogens is 264 g/mol. The molecule has 0 atom stereocenters. The van der Waals surface area contributed by atoms with Gasteiger partial charge in [-0.2, -0.15) is 0 Å². The number of hydrogen-bond donors (Lipinski definition) is 1. The highest BCUT2D eigenvalue weighted by atomic mass is 19.2. The molecule has 1 saturated heterocycles. The molecule has 0 aliphatic carbocycles. The van der Waals surface area contributed by atoms with E-state index in [1.807, 2.05) is 0 Å². The molecule has 1 heterocycles. The molecule has 0 aromatic heterocycles. The van der Waals surface area contributed by atoms with Gasteiger partial charge in [-0.1, -0.05) is 6.07 Å². The van der Waals surface area contributed by atoms with E-state index >= 15 is 0 Å². The standard InChI is InChI=1S/C15H19F2NO2/c16-13-3-1-12(9-14(13)17)10-18-7-5-11(6-8-18)2-4-15(19)20/h1,3,9,11H,2,4-8,10H2,(H,19,20). The van der Waals surface area contributed by atoms with Gasteiger partial charge >= 0.3 is 5.97 Å². The van der Waals surface area contributed by atoms with Crippen molar-refractivity contribution in [3.05, 3.63) is 35.4 Å². The van der Waals surface area contributed by atoms with Crippen LogP contribution in [0.5, 0.6) is 0 Å². The van der Waals surface area contributed by atoms with Crippen molar-refractivity contribution in [1.82, 2.24) is 4.90 Å². The van der Waals surface area contributed by atoms with Gasteiger partial charge in [0.25, 0.3) is 0 Å². The van der Waals surface area contributed by atoms with Crippen LogP contribution in [0.15, 0.2) is 18.2 Å². The van der Waals surface area contributed by atoms with Gasteiger partial charge in [-0.15, -0.1) is 0 Å². The molecule has 110 valence electrons. The van der Waals surface area contributed by atoms with Crippen LogP contribution < -0.4 is 0 Å². The Hall–Kier alpha value is -1.49. The first-order valence-corrected chi connectivity index (χ1v) is 6.92. The van der Waals surface area contributed by atoms with Gasteiger partial charge in [-0.25, -0.2) is 8.78 Å². The number of carboxylic acids is 1. The van der Waals surface area contributed by atoms with Crippen LogP contribution in [0.2, 0.25) is 0 Å². The van der Waals surface area contributed by atoms with Crippen LogP contribution in [0, 0.1) is 17.6 Å². The van der Waals surface area contributed by atoms with Crippen LogP contribution in [0.3, 0.4) is 0 Å². The van der Waals surface area contributed by atoms with Crippen molar-refractivity contribution in [2.45, 2.75) is 32.2 Å². The normalized spacial score (nSPS) is 17.3. The van der Waals surface area contributed by atoms with Gasteiger partial charge in [0.15, 0.2) is 11.6 Å². The molecule has 2 rings (SSSR count). The zero-order valence-corrected chi connectivity index (χ0v) is 11.3. The Labute approximate surface area is 117 Å². The number of rotatable bonds is 5. The number of carboxylic acid groups (broad SMARTS) is 1. The number of likely N-dealkylation sites (tertiary alicyclic amines) is 1. The average molecular weight is 283 g/mol. The fourth-order valence-electron chi connectivity index (χ4n) is 2.66. The quantitative estimate of drug-likeness (QED) is 0.903. The fraction of sp³-hybridized carbons (Fsp3) is 0.533. The van der Waals surface area contributed by atoms with E-state index in [0.717, 1.165) is 44.0 Å². The number of halogens is 2. The van der Waals surface area contributed by atoms with Gasteiger partial charge in [0.05, 0.1) is 0 Å². The Bertz CT molecular complexity index is 471. The van der Waals surface area contributed by atoms with E-state index in [-0.39, 0.29) is 6.42 Å². The van der Waals surface area contributed by atoms with E-state index in [9.17, 15) is 13.6 Å². The lowest BCUT2D eigenvalue weighted by molar-refractivity contribution is -0.137. The second kappa shape index (κ2) is 6.79. The van der Waals surface area contributed by atoms with Gasteiger partial charge in [0.2, 0.25) is 0 Å². The van der Waals surface area contributed by atoms with E-state index in [4.69, 9.17) is 5.11 Å². The molecule has 5 heteroatoms. The van der Waals surface area contributed by atoms with E-state index in [1.165, 1.54) is 6.07 Å². The third-order valence-corrected chi connectivity index (χ3v) is 3.86. The maximum Gasteiger partial charge on any atom is 0.303 e. The Balaban J connectivity index is 1.79. The minimum atomic E-state index is -0.818. The van der Waals surface area contributed by atoms with Crippen LogP contribution in [-0.2, 0) is 11.3 Å². The Morgan fingerprint density at radius 3 is 2.55 bits per heavy atom. The molecule has 0 unspecified atom stereocenters. The molecule has 1 aromatic rings. The predicted molar refractivity (Wildman–Crippen MR) is 71.2 cm³/mol. The summed E-state index contributed by atoms with van der Waals surface area (Å²) in [5, 5.41) is 8.66. The zero-order valence-electron chi connectivity index (χ0n) is 11.3. The van der Waals surface area contributed by atoms with Crippen molar-refractivity contribution < 1.29 is 18.7 Å². The SMILES string of the molecule is O=C(O)CCC1CCN(Cc2ccc(F)c(F)c2)CC1. The Morgan fingerprint density at radius 1 is 1.25 bits per heavy atom. The maximum absolute atomic E-state index is 13.1. The molecule has 0 amide bonds. The molecule has 0 saturated carbocycles. The smallest absolute Gasteiger partial charge is 0.303 e. The second-order valence-electron chi connectivity index (χ2n) is 5.40. The van der Waals surface area contributed by atoms with Crippen LogP contribution in [0.25, 0.3) is 0 Å². The highest BCUT2D eigenvalue weighted by Crippen LogP contribution is 2.23. The summed E-state index contributed by atoms with van der Waals surface area (Å²) in [6.07, 6.45) is 2.90. The van der Waals surface area contributed by atoms with Crippen molar-refractivity contribution >= 4 is 5.97 Å². The fourth-order valence-corrected chi connectivity index (χ4v) is 2.66. The van der Waals surface area contributed by atoms with E-state index in [0.29, 0.717) is 12.5 Å². The first kappa shape index (κ1) is 14.9. The van der Waals surface area contributed by atoms with Crippen molar-refractivity contribution in [2.75, 3.05) is 13.1 Å². The van der Waals surface area contributed by atoms with Crippen molar-refractivity contribution in [3.8, 4) is 0 Å². The van der Waals surface area contributed by atoms with Crippen LogP contribution in [0.1, 0.15) is 31.2 Å². The number of benzene rings is 1.